The number of benzene rings is 1. The first-order valence-corrected chi connectivity index (χ1v) is 16.2. The molecule has 2 aliphatic rings. The third kappa shape index (κ3) is 8.77. The maximum Gasteiger partial charge on any atom is 0.240 e. The van der Waals surface area contributed by atoms with Crippen LogP contribution in [0.4, 0.5) is 14.5 Å². The predicted octanol–water partition coefficient (Wildman–Crippen LogP) is 7.36. The third-order valence-corrected chi connectivity index (χ3v) is 8.52. The normalized spacial score (nSPS) is 15.4. The van der Waals surface area contributed by atoms with E-state index in [-0.39, 0.29) is 17.1 Å². The fourth-order valence-electron chi connectivity index (χ4n) is 5.41. The van der Waals surface area contributed by atoms with Gasteiger partial charge in [0.1, 0.15) is 17.0 Å². The summed E-state index contributed by atoms with van der Waals surface area (Å²) < 4.78 is 46.5. The van der Waals surface area contributed by atoms with Crippen molar-refractivity contribution in [2.24, 2.45) is 5.41 Å². The molecule has 1 fully saturated rings. The zero-order chi connectivity index (χ0) is 34.7. The minimum absolute atomic E-state index is 0.0500. The van der Waals surface area contributed by atoms with E-state index in [1.165, 1.54) is 31.2 Å². The highest BCUT2D eigenvalue weighted by atomic mass is 19.1. The van der Waals surface area contributed by atoms with E-state index in [0.29, 0.717) is 55.3 Å². The van der Waals surface area contributed by atoms with E-state index in [9.17, 15) is 14.0 Å². The van der Waals surface area contributed by atoms with Gasteiger partial charge in [0, 0.05) is 48.3 Å². The lowest BCUT2D eigenvalue weighted by molar-refractivity contribution is -0.145. The van der Waals surface area contributed by atoms with E-state index in [0.717, 1.165) is 43.8 Å². The number of aromatic nitrogens is 1. The SMILES string of the molecule is C=C(/C=C\C(F)=C/C)NC(=O)C1(C(=O)Nc2ccc(Oc3ccnc4c3CC=C(OC)C(OCCCN(CC)CC)=C4)c(F)c2)CCC1. The number of nitrogens with one attached hydrogen (secondary N) is 2. The van der Waals surface area contributed by atoms with Crippen LogP contribution in [0.2, 0.25) is 0 Å². The Kier molecular flexibility index (Phi) is 12.7. The molecule has 1 heterocycles. The van der Waals surface area contributed by atoms with Crippen molar-refractivity contribution in [3.8, 4) is 11.5 Å². The Bertz CT molecular complexity index is 1620. The van der Waals surface area contributed by atoms with Gasteiger partial charge in [-0.05, 0) is 75.7 Å². The van der Waals surface area contributed by atoms with E-state index < -0.39 is 28.9 Å². The number of nitrogens with zero attached hydrogens (tertiary/aromatic N) is 2. The van der Waals surface area contributed by atoms with Gasteiger partial charge in [0.2, 0.25) is 11.8 Å². The van der Waals surface area contributed by atoms with Crippen LogP contribution in [0.5, 0.6) is 11.5 Å². The number of hydrogen-bond donors (Lipinski definition) is 2. The number of carbonyl (C=O) groups excluding carboxylic acids is 2. The highest BCUT2D eigenvalue weighted by Crippen LogP contribution is 2.43. The Morgan fingerprint density at radius 1 is 1.10 bits per heavy atom. The van der Waals surface area contributed by atoms with Crippen LogP contribution in [0.3, 0.4) is 0 Å². The van der Waals surface area contributed by atoms with Gasteiger partial charge in [-0.15, -0.1) is 0 Å². The first-order chi connectivity index (χ1) is 23.1. The van der Waals surface area contributed by atoms with Gasteiger partial charge in [0.05, 0.1) is 19.4 Å². The summed E-state index contributed by atoms with van der Waals surface area (Å²) in [4.78, 5) is 33.1. The number of rotatable bonds is 16. The van der Waals surface area contributed by atoms with Gasteiger partial charge in [-0.1, -0.05) is 32.9 Å². The second kappa shape index (κ2) is 16.9. The molecular formula is C37H44F2N4O5. The van der Waals surface area contributed by atoms with Gasteiger partial charge in [0.15, 0.2) is 23.1 Å². The standard InChI is InChI=1S/C37H44F2N4O5/c1-6-26(38)12-11-25(4)41-35(44)37(18-9-19-37)36(45)42-27-13-15-32(29(39)23-27)48-31-17-20-40-30-24-34(33(46-5)16-14-28(30)31)47-22-10-21-43(7-2)8-3/h6,11-13,15-17,20,23-24H,4,7-10,14,18-19,21-22H2,1-3,5H3,(H,41,44)(H,42,45)/b12-11-,26-6+. The van der Waals surface area contributed by atoms with E-state index in [4.69, 9.17) is 14.2 Å². The average molecular weight is 663 g/mol. The van der Waals surface area contributed by atoms with Gasteiger partial charge in [-0.3, -0.25) is 14.6 Å². The number of ether oxygens (including phenoxy) is 3. The number of allylic oxidation sites excluding steroid dienone is 5. The highest BCUT2D eigenvalue weighted by molar-refractivity contribution is 6.11. The summed E-state index contributed by atoms with van der Waals surface area (Å²) in [6, 6.07) is 5.73. The van der Waals surface area contributed by atoms with Gasteiger partial charge >= 0.3 is 0 Å². The van der Waals surface area contributed by atoms with Crippen LogP contribution in [0.1, 0.15) is 57.7 Å². The second-order valence-electron chi connectivity index (χ2n) is 11.5. The molecule has 2 amide bonds. The van der Waals surface area contributed by atoms with Crippen LogP contribution >= 0.6 is 0 Å². The molecule has 1 aromatic carbocycles. The molecule has 0 unspecified atom stereocenters. The van der Waals surface area contributed by atoms with Crippen molar-refractivity contribution in [3.63, 3.8) is 0 Å². The van der Waals surface area contributed by atoms with E-state index in [1.807, 2.05) is 6.08 Å². The first-order valence-electron chi connectivity index (χ1n) is 16.2. The Balaban J connectivity index is 1.44. The smallest absolute Gasteiger partial charge is 0.240 e. The summed E-state index contributed by atoms with van der Waals surface area (Å²) in [6.07, 6.45) is 11.6. The number of methoxy groups -OCH3 is 1. The largest absolute Gasteiger partial charge is 0.493 e. The van der Waals surface area contributed by atoms with Crippen molar-refractivity contribution in [1.82, 2.24) is 15.2 Å². The molecule has 0 radical (unpaired) electrons. The van der Waals surface area contributed by atoms with Crippen molar-refractivity contribution in [3.05, 3.63) is 101 Å². The molecular weight excluding hydrogens is 618 g/mol. The number of fused-ring (bicyclic) bond motifs is 1. The molecule has 1 aromatic heterocycles. The molecule has 0 saturated heterocycles. The van der Waals surface area contributed by atoms with Gasteiger partial charge in [-0.2, -0.15) is 0 Å². The van der Waals surface area contributed by atoms with Crippen molar-refractivity contribution in [2.45, 2.75) is 52.9 Å². The number of pyridine rings is 1. The van der Waals surface area contributed by atoms with Gasteiger partial charge < -0.3 is 29.7 Å². The topological polar surface area (TPSA) is 102 Å². The van der Waals surface area contributed by atoms with Crippen molar-refractivity contribution < 1.29 is 32.6 Å². The average Bonchev–Trinajstić information content (AvgIpc) is 3.23. The summed E-state index contributed by atoms with van der Waals surface area (Å²) in [5.74, 6) is -0.796. The fourth-order valence-corrected chi connectivity index (χ4v) is 5.41. The summed E-state index contributed by atoms with van der Waals surface area (Å²) in [6.45, 7) is 12.9. The third-order valence-electron chi connectivity index (χ3n) is 8.52. The fraction of sp³-hybridized carbons (Fsp3) is 0.378. The number of hydrogen-bond acceptors (Lipinski definition) is 7. The lowest BCUT2D eigenvalue weighted by atomic mass is 9.67. The molecule has 1 saturated carbocycles. The van der Waals surface area contributed by atoms with Crippen LogP contribution in [-0.2, 0) is 25.5 Å². The molecule has 0 atom stereocenters. The monoisotopic (exact) mass is 662 g/mol. The summed E-state index contributed by atoms with van der Waals surface area (Å²) in [5, 5.41) is 5.25. The Morgan fingerprint density at radius 2 is 1.88 bits per heavy atom. The van der Waals surface area contributed by atoms with Crippen molar-refractivity contribution in [1.29, 1.82) is 0 Å². The Morgan fingerprint density at radius 3 is 2.52 bits per heavy atom. The highest BCUT2D eigenvalue weighted by Gasteiger charge is 2.50. The molecule has 48 heavy (non-hydrogen) atoms. The molecule has 9 nitrogen and oxygen atoms in total. The zero-order valence-electron chi connectivity index (χ0n) is 28.0. The van der Waals surface area contributed by atoms with E-state index in [1.54, 1.807) is 25.4 Å². The summed E-state index contributed by atoms with van der Waals surface area (Å²) in [5.41, 5.74) is 0.328. The van der Waals surface area contributed by atoms with Crippen LogP contribution in [0, 0.1) is 11.2 Å². The molecule has 4 rings (SSSR count). The number of carbonyl (C=O) groups is 2. The molecule has 0 aliphatic heterocycles. The minimum atomic E-state index is -1.34. The lowest BCUT2D eigenvalue weighted by Gasteiger charge is -2.38. The summed E-state index contributed by atoms with van der Waals surface area (Å²) >= 11 is 0. The maximum absolute atomic E-state index is 15.4. The molecule has 0 bridgehead atoms. The van der Waals surface area contributed by atoms with Crippen LogP contribution < -0.4 is 15.4 Å². The van der Waals surface area contributed by atoms with Crippen molar-refractivity contribution in [2.75, 3.05) is 38.7 Å². The second-order valence-corrected chi connectivity index (χ2v) is 11.5. The first kappa shape index (κ1) is 36.1. The summed E-state index contributed by atoms with van der Waals surface area (Å²) in [7, 11) is 1.58. The Labute approximate surface area is 281 Å². The number of halogens is 2. The molecule has 11 heteroatoms. The number of amides is 2. The van der Waals surface area contributed by atoms with Gasteiger partial charge in [0.25, 0.3) is 0 Å². The van der Waals surface area contributed by atoms with Crippen LogP contribution in [-0.4, -0.2) is 55.0 Å². The molecule has 2 aromatic rings. The number of anilines is 1. The zero-order valence-corrected chi connectivity index (χ0v) is 28.0. The molecule has 2 N–H and O–H groups in total. The van der Waals surface area contributed by atoms with E-state index in [2.05, 4.69) is 40.9 Å². The Hall–Kier alpha value is -4.77. The van der Waals surface area contributed by atoms with E-state index >= 15 is 4.39 Å². The van der Waals surface area contributed by atoms with Crippen LogP contribution in [0.25, 0.3) is 6.08 Å². The maximum atomic E-state index is 15.4. The molecule has 2 aliphatic carbocycles. The molecule has 0 spiro atoms. The quantitative estimate of drug-likeness (QED) is 0.110. The van der Waals surface area contributed by atoms with Crippen molar-refractivity contribution >= 4 is 23.6 Å². The lowest BCUT2D eigenvalue weighted by Crippen LogP contribution is -2.52. The minimum Gasteiger partial charge on any atom is -0.493 e. The van der Waals surface area contributed by atoms with Crippen LogP contribution in [0.15, 0.2) is 84.4 Å². The predicted molar refractivity (Wildman–Crippen MR) is 182 cm³/mol. The molecule has 256 valence electrons. The van der Waals surface area contributed by atoms with Gasteiger partial charge in [-0.25, -0.2) is 8.78 Å².